The van der Waals surface area contributed by atoms with E-state index in [4.69, 9.17) is 16.6 Å². The Balaban J connectivity index is 2.82. The first-order valence-corrected chi connectivity index (χ1v) is 10.7. The van der Waals surface area contributed by atoms with Gasteiger partial charge in [0.25, 0.3) is 0 Å². The fraction of sp³-hybridized carbons (Fsp3) is 0.650. The molecule has 0 aliphatic carbocycles. The van der Waals surface area contributed by atoms with Crippen LogP contribution < -0.4 is 27.4 Å². The standard InChI is InChI=1S/C20H35N7O5/c1-12(2)7-16(27-18(30)14(22)8-13-9-23-11-25-13)20(32)26-15(5-3-4-6-21)19(31)24-10-17(28)29/h9,11-12,14-16H,3-8,10,21-22H2,1-2H3,(H,23,25)(H,24,31)(H,26,32)(H,27,30)(H,28,29). The number of hydrogen-bond donors (Lipinski definition) is 7. The van der Waals surface area contributed by atoms with Gasteiger partial charge in [0.2, 0.25) is 17.7 Å². The predicted molar refractivity (Wildman–Crippen MR) is 117 cm³/mol. The molecule has 1 aromatic heterocycles. The molecule has 12 nitrogen and oxygen atoms in total. The number of nitrogens with one attached hydrogen (secondary N) is 4. The Morgan fingerprint density at radius 2 is 1.78 bits per heavy atom. The largest absolute Gasteiger partial charge is 0.480 e. The van der Waals surface area contributed by atoms with Gasteiger partial charge in [-0.2, -0.15) is 0 Å². The number of aromatic nitrogens is 2. The smallest absolute Gasteiger partial charge is 0.322 e. The fourth-order valence-corrected chi connectivity index (χ4v) is 3.03. The topological polar surface area (TPSA) is 205 Å². The molecule has 3 amide bonds. The van der Waals surface area contributed by atoms with Gasteiger partial charge in [-0.25, -0.2) is 4.98 Å². The summed E-state index contributed by atoms with van der Waals surface area (Å²) in [7, 11) is 0. The van der Waals surface area contributed by atoms with Crippen LogP contribution in [-0.2, 0) is 25.6 Å². The first-order valence-electron chi connectivity index (χ1n) is 10.7. The molecule has 3 atom stereocenters. The Morgan fingerprint density at radius 1 is 1.09 bits per heavy atom. The van der Waals surface area contributed by atoms with Crippen molar-refractivity contribution in [2.45, 2.75) is 64.1 Å². The molecule has 1 heterocycles. The first kappa shape index (κ1) is 27.0. The molecule has 9 N–H and O–H groups in total. The molecule has 3 unspecified atom stereocenters. The van der Waals surface area contributed by atoms with Crippen molar-refractivity contribution in [3.05, 3.63) is 18.2 Å². The van der Waals surface area contributed by atoms with Crippen molar-refractivity contribution in [3.8, 4) is 0 Å². The molecular formula is C20H35N7O5. The maximum atomic E-state index is 12.9. The van der Waals surface area contributed by atoms with Crippen molar-refractivity contribution in [1.82, 2.24) is 25.9 Å². The van der Waals surface area contributed by atoms with Crippen molar-refractivity contribution in [2.75, 3.05) is 13.1 Å². The number of nitrogens with two attached hydrogens (primary N) is 2. The van der Waals surface area contributed by atoms with Crippen LogP contribution >= 0.6 is 0 Å². The lowest BCUT2D eigenvalue weighted by Crippen LogP contribution is -2.56. The molecule has 0 aliphatic rings. The normalized spacial score (nSPS) is 13.8. The summed E-state index contributed by atoms with van der Waals surface area (Å²) in [5.41, 5.74) is 12.1. The van der Waals surface area contributed by atoms with E-state index >= 15 is 0 Å². The molecule has 1 aromatic rings. The molecule has 0 aliphatic heterocycles. The second-order valence-electron chi connectivity index (χ2n) is 8.04. The number of hydrogen-bond acceptors (Lipinski definition) is 7. The maximum absolute atomic E-state index is 12.9. The van der Waals surface area contributed by atoms with Crippen molar-refractivity contribution >= 4 is 23.7 Å². The second-order valence-corrected chi connectivity index (χ2v) is 8.04. The van der Waals surface area contributed by atoms with E-state index in [0.29, 0.717) is 31.5 Å². The number of aliphatic carboxylic acids is 1. The molecule has 180 valence electrons. The minimum absolute atomic E-state index is 0.0754. The molecule has 32 heavy (non-hydrogen) atoms. The van der Waals surface area contributed by atoms with Gasteiger partial charge in [-0.3, -0.25) is 19.2 Å². The molecule has 0 radical (unpaired) electrons. The highest BCUT2D eigenvalue weighted by atomic mass is 16.4. The number of rotatable bonds is 15. The average Bonchev–Trinajstić information content (AvgIpc) is 3.23. The lowest BCUT2D eigenvalue weighted by Gasteiger charge is -2.25. The molecular weight excluding hydrogens is 418 g/mol. The summed E-state index contributed by atoms with van der Waals surface area (Å²) < 4.78 is 0. The van der Waals surface area contributed by atoms with Crippen LogP contribution in [0.25, 0.3) is 0 Å². The third kappa shape index (κ3) is 10.4. The lowest BCUT2D eigenvalue weighted by atomic mass is 10.0. The Morgan fingerprint density at radius 3 is 2.34 bits per heavy atom. The van der Waals surface area contributed by atoms with Crippen molar-refractivity contribution in [3.63, 3.8) is 0 Å². The fourth-order valence-electron chi connectivity index (χ4n) is 3.03. The summed E-state index contributed by atoms with van der Waals surface area (Å²) >= 11 is 0. The molecule has 0 fully saturated rings. The molecule has 0 bridgehead atoms. The highest BCUT2D eigenvalue weighted by Crippen LogP contribution is 2.08. The number of carboxylic acids is 1. The minimum atomic E-state index is -1.19. The highest BCUT2D eigenvalue weighted by molar-refractivity contribution is 5.93. The minimum Gasteiger partial charge on any atom is -0.480 e. The number of carboxylic acid groups (broad SMARTS) is 1. The van der Waals surface area contributed by atoms with Gasteiger partial charge in [0.1, 0.15) is 18.6 Å². The van der Waals surface area contributed by atoms with Gasteiger partial charge in [-0.15, -0.1) is 0 Å². The van der Waals surface area contributed by atoms with Crippen molar-refractivity contribution < 1.29 is 24.3 Å². The van der Waals surface area contributed by atoms with E-state index in [1.807, 2.05) is 13.8 Å². The van der Waals surface area contributed by atoms with E-state index in [0.717, 1.165) is 0 Å². The van der Waals surface area contributed by atoms with Crippen molar-refractivity contribution in [1.29, 1.82) is 0 Å². The number of imidazole rings is 1. The number of unbranched alkanes of at least 4 members (excludes halogenated alkanes) is 1. The van der Waals surface area contributed by atoms with Crippen LogP contribution in [0.3, 0.4) is 0 Å². The van der Waals surface area contributed by atoms with Crippen molar-refractivity contribution in [2.24, 2.45) is 17.4 Å². The number of H-pyrrole nitrogens is 1. The number of carbonyl (C=O) groups excluding carboxylic acids is 3. The van der Waals surface area contributed by atoms with Gasteiger partial charge in [-0.05, 0) is 38.1 Å². The monoisotopic (exact) mass is 453 g/mol. The Labute approximate surface area is 187 Å². The first-order chi connectivity index (χ1) is 15.1. The van der Waals surface area contributed by atoms with Crippen LogP contribution in [-0.4, -0.2) is 70.0 Å². The third-order valence-electron chi connectivity index (χ3n) is 4.67. The van der Waals surface area contributed by atoms with Crippen LogP contribution in [0, 0.1) is 5.92 Å². The van der Waals surface area contributed by atoms with Gasteiger partial charge in [0.15, 0.2) is 0 Å². The SMILES string of the molecule is CC(C)CC(NC(=O)C(N)Cc1cnc[nH]1)C(=O)NC(CCCCN)C(=O)NCC(=O)O. The van der Waals surface area contributed by atoms with E-state index in [1.54, 1.807) is 6.20 Å². The average molecular weight is 454 g/mol. The Hall–Kier alpha value is -2.99. The Kier molecular flexibility index (Phi) is 12.0. The molecule has 1 rings (SSSR count). The highest BCUT2D eigenvalue weighted by Gasteiger charge is 2.28. The molecule has 0 saturated heterocycles. The number of carbonyl (C=O) groups is 4. The van der Waals surface area contributed by atoms with Crippen LogP contribution in [0.1, 0.15) is 45.2 Å². The van der Waals surface area contributed by atoms with Crippen LogP contribution in [0.5, 0.6) is 0 Å². The molecule has 12 heteroatoms. The molecule has 0 saturated carbocycles. The zero-order valence-corrected chi connectivity index (χ0v) is 18.6. The number of amides is 3. The summed E-state index contributed by atoms with van der Waals surface area (Å²) in [6, 6.07) is -2.74. The van der Waals surface area contributed by atoms with Gasteiger partial charge in [0.05, 0.1) is 12.4 Å². The summed E-state index contributed by atoms with van der Waals surface area (Å²) in [6.45, 7) is 3.67. The lowest BCUT2D eigenvalue weighted by molar-refractivity contribution is -0.138. The van der Waals surface area contributed by atoms with Crippen LogP contribution in [0.4, 0.5) is 0 Å². The Bertz CT molecular complexity index is 739. The number of nitrogens with zero attached hydrogens (tertiary/aromatic N) is 1. The molecule has 0 spiro atoms. The van der Waals surface area contributed by atoms with Gasteiger partial charge >= 0.3 is 5.97 Å². The van der Waals surface area contributed by atoms with E-state index in [9.17, 15) is 19.2 Å². The zero-order chi connectivity index (χ0) is 24.1. The van der Waals surface area contributed by atoms with E-state index in [2.05, 4.69) is 25.9 Å². The quantitative estimate of drug-likeness (QED) is 0.157. The van der Waals surface area contributed by atoms with Gasteiger partial charge < -0.3 is 37.5 Å². The van der Waals surface area contributed by atoms with Gasteiger partial charge in [0, 0.05) is 18.3 Å². The van der Waals surface area contributed by atoms with Crippen LogP contribution in [0.2, 0.25) is 0 Å². The predicted octanol–water partition coefficient (Wildman–Crippen LogP) is -1.37. The van der Waals surface area contributed by atoms with E-state index in [-0.39, 0.29) is 18.8 Å². The van der Waals surface area contributed by atoms with E-state index < -0.39 is 48.4 Å². The van der Waals surface area contributed by atoms with Crippen LogP contribution in [0.15, 0.2) is 12.5 Å². The van der Waals surface area contributed by atoms with E-state index in [1.165, 1.54) is 6.33 Å². The molecule has 0 aromatic carbocycles. The summed E-state index contributed by atoms with van der Waals surface area (Å²) in [6.07, 6.45) is 5.10. The summed E-state index contributed by atoms with van der Waals surface area (Å²) in [5.74, 6) is -2.77. The maximum Gasteiger partial charge on any atom is 0.322 e. The summed E-state index contributed by atoms with van der Waals surface area (Å²) in [5, 5.41) is 16.4. The third-order valence-corrected chi connectivity index (χ3v) is 4.67. The second kappa shape index (κ2) is 14.1. The summed E-state index contributed by atoms with van der Waals surface area (Å²) in [4.78, 5) is 55.4. The number of aromatic amines is 1. The van der Waals surface area contributed by atoms with Gasteiger partial charge in [-0.1, -0.05) is 13.8 Å². The zero-order valence-electron chi connectivity index (χ0n) is 18.6.